The number of nitriles is 1. The van der Waals surface area contributed by atoms with Crippen LogP contribution in [0.3, 0.4) is 0 Å². The van der Waals surface area contributed by atoms with Crippen LogP contribution in [-0.2, 0) is 0 Å². The lowest BCUT2D eigenvalue weighted by Crippen LogP contribution is -2.35. The number of hydrogen-bond donors (Lipinski definition) is 0. The number of halogens is 1. The van der Waals surface area contributed by atoms with Crippen LogP contribution in [0, 0.1) is 11.3 Å². The highest BCUT2D eigenvalue weighted by atomic mass is 35.5. The summed E-state index contributed by atoms with van der Waals surface area (Å²) in [6.07, 6.45) is 0.644. The third-order valence-corrected chi connectivity index (χ3v) is 3.63. The van der Waals surface area contributed by atoms with E-state index in [0.29, 0.717) is 24.4 Å². The molecule has 2 aromatic rings. The van der Waals surface area contributed by atoms with Crippen LogP contribution in [0.5, 0.6) is 0 Å². The number of alkyl halides is 1. The largest absolute Gasteiger partial charge is 0.318 e. The Morgan fingerprint density at radius 2 is 1.68 bits per heavy atom. The molecule has 0 N–H and O–H groups in total. The van der Waals surface area contributed by atoms with Gasteiger partial charge in [-0.05, 0) is 24.1 Å². The van der Waals surface area contributed by atoms with E-state index in [-0.39, 0.29) is 5.91 Å². The first-order valence-electron chi connectivity index (χ1n) is 7.14. The van der Waals surface area contributed by atoms with E-state index >= 15 is 0 Å². The summed E-state index contributed by atoms with van der Waals surface area (Å²) < 4.78 is 0. The van der Waals surface area contributed by atoms with Crippen LogP contribution >= 0.6 is 11.6 Å². The van der Waals surface area contributed by atoms with Gasteiger partial charge in [0.25, 0.3) is 5.91 Å². The van der Waals surface area contributed by atoms with Crippen molar-refractivity contribution in [3.63, 3.8) is 0 Å². The molecular weight excluding hydrogens is 296 g/mol. The highest BCUT2D eigenvalue weighted by molar-refractivity contribution is 6.17. The molecule has 0 aliphatic heterocycles. The van der Waals surface area contributed by atoms with Gasteiger partial charge in [0.15, 0.2) is 0 Å². The van der Waals surface area contributed by atoms with Crippen molar-refractivity contribution in [3.8, 4) is 6.07 Å². The molecule has 3 nitrogen and oxygen atoms in total. The molecule has 4 heteroatoms. The van der Waals surface area contributed by atoms with Crippen LogP contribution in [-0.4, -0.2) is 23.2 Å². The summed E-state index contributed by atoms with van der Waals surface area (Å²) in [5.41, 5.74) is 1.39. The average Bonchev–Trinajstić information content (AvgIpc) is 2.59. The number of amides is 1. The Hall–Kier alpha value is -2.31. The second-order valence-corrected chi connectivity index (χ2v) is 5.23. The quantitative estimate of drug-likeness (QED) is 0.756. The summed E-state index contributed by atoms with van der Waals surface area (Å²) in [5, 5.41) is 9.57. The van der Waals surface area contributed by atoms with Gasteiger partial charge in [0.1, 0.15) is 6.04 Å². The Balaban J connectivity index is 2.32. The topological polar surface area (TPSA) is 44.1 Å². The van der Waals surface area contributed by atoms with Gasteiger partial charge in [-0.3, -0.25) is 4.79 Å². The molecule has 1 atom stereocenters. The molecule has 0 saturated carbocycles. The smallest absolute Gasteiger partial charge is 0.255 e. The zero-order valence-corrected chi connectivity index (χ0v) is 12.9. The zero-order chi connectivity index (χ0) is 15.8. The van der Waals surface area contributed by atoms with E-state index in [0.717, 1.165) is 5.56 Å². The van der Waals surface area contributed by atoms with Gasteiger partial charge < -0.3 is 4.90 Å². The molecule has 22 heavy (non-hydrogen) atoms. The Bertz CT molecular complexity index is 637. The van der Waals surface area contributed by atoms with E-state index in [1.54, 1.807) is 17.0 Å². The molecule has 0 saturated heterocycles. The Morgan fingerprint density at radius 3 is 2.23 bits per heavy atom. The van der Waals surface area contributed by atoms with Crippen LogP contribution in [0.1, 0.15) is 28.4 Å². The van der Waals surface area contributed by atoms with E-state index in [2.05, 4.69) is 6.07 Å². The van der Waals surface area contributed by atoms with Crippen LogP contribution in [0.2, 0.25) is 0 Å². The molecule has 0 unspecified atom stereocenters. The SMILES string of the molecule is N#C[C@@H](c1ccccc1)N(CCCCl)C(=O)c1ccccc1. The third-order valence-electron chi connectivity index (χ3n) is 3.36. The minimum absolute atomic E-state index is 0.152. The van der Waals surface area contributed by atoms with Gasteiger partial charge in [-0.15, -0.1) is 11.6 Å². The molecule has 2 aromatic carbocycles. The number of benzene rings is 2. The van der Waals surface area contributed by atoms with E-state index in [4.69, 9.17) is 11.6 Å². The van der Waals surface area contributed by atoms with Gasteiger partial charge in [-0.2, -0.15) is 5.26 Å². The van der Waals surface area contributed by atoms with E-state index in [1.807, 2.05) is 48.5 Å². The normalized spacial score (nSPS) is 11.5. The zero-order valence-electron chi connectivity index (χ0n) is 12.2. The molecule has 0 spiro atoms. The molecule has 2 rings (SSSR count). The molecule has 1 amide bonds. The summed E-state index contributed by atoms with van der Waals surface area (Å²) in [4.78, 5) is 14.3. The lowest BCUT2D eigenvalue weighted by molar-refractivity contribution is 0.0717. The average molecular weight is 313 g/mol. The van der Waals surface area contributed by atoms with Crippen molar-refractivity contribution in [1.29, 1.82) is 5.26 Å². The van der Waals surface area contributed by atoms with Crippen LogP contribution in [0.4, 0.5) is 0 Å². The van der Waals surface area contributed by atoms with Crippen molar-refractivity contribution in [2.24, 2.45) is 0 Å². The maximum atomic E-state index is 12.8. The lowest BCUT2D eigenvalue weighted by Gasteiger charge is -2.27. The number of nitrogens with zero attached hydrogens (tertiary/aromatic N) is 2. The van der Waals surface area contributed by atoms with Crippen molar-refractivity contribution in [2.45, 2.75) is 12.5 Å². The van der Waals surface area contributed by atoms with Crippen LogP contribution < -0.4 is 0 Å². The standard InChI is InChI=1S/C18H17ClN2O/c19-12-7-13-21(18(22)16-10-5-2-6-11-16)17(14-20)15-8-3-1-4-9-15/h1-6,8-11,17H,7,12-13H2/t17-/m0/s1. The second-order valence-electron chi connectivity index (χ2n) is 4.85. The minimum Gasteiger partial charge on any atom is -0.318 e. The molecule has 112 valence electrons. The van der Waals surface area contributed by atoms with Gasteiger partial charge in [-0.25, -0.2) is 0 Å². The van der Waals surface area contributed by atoms with Gasteiger partial charge in [-0.1, -0.05) is 48.5 Å². The molecular formula is C18H17ClN2O. The Labute approximate surface area is 135 Å². The first-order valence-corrected chi connectivity index (χ1v) is 7.68. The third kappa shape index (κ3) is 3.87. The van der Waals surface area contributed by atoms with Crippen LogP contribution in [0.25, 0.3) is 0 Å². The first kappa shape index (κ1) is 16.1. The number of hydrogen-bond acceptors (Lipinski definition) is 2. The molecule has 0 fully saturated rings. The fourth-order valence-corrected chi connectivity index (χ4v) is 2.40. The maximum absolute atomic E-state index is 12.8. The molecule has 0 aromatic heterocycles. The molecule has 0 radical (unpaired) electrons. The molecule has 0 heterocycles. The summed E-state index contributed by atoms with van der Waals surface area (Å²) in [6, 6.07) is 20.0. The molecule has 0 aliphatic carbocycles. The van der Waals surface area contributed by atoms with E-state index in [1.165, 1.54) is 0 Å². The van der Waals surface area contributed by atoms with Crippen molar-refractivity contribution < 1.29 is 4.79 Å². The predicted octanol–water partition coefficient (Wildman–Crippen LogP) is 4.02. The number of rotatable bonds is 6. The maximum Gasteiger partial charge on any atom is 0.255 e. The van der Waals surface area contributed by atoms with Crippen LogP contribution in [0.15, 0.2) is 60.7 Å². The fourth-order valence-electron chi connectivity index (χ4n) is 2.28. The monoisotopic (exact) mass is 312 g/mol. The highest BCUT2D eigenvalue weighted by Crippen LogP contribution is 2.22. The second kappa shape index (κ2) is 8.21. The van der Waals surface area contributed by atoms with Crippen molar-refractivity contribution >= 4 is 17.5 Å². The number of carbonyl (C=O) groups excluding carboxylic acids is 1. The first-order chi connectivity index (χ1) is 10.8. The minimum atomic E-state index is -0.614. The lowest BCUT2D eigenvalue weighted by atomic mass is 10.0. The van der Waals surface area contributed by atoms with Gasteiger partial charge in [0.05, 0.1) is 6.07 Å². The van der Waals surface area contributed by atoms with Gasteiger partial charge in [0.2, 0.25) is 0 Å². The van der Waals surface area contributed by atoms with E-state index < -0.39 is 6.04 Å². The van der Waals surface area contributed by atoms with Gasteiger partial charge >= 0.3 is 0 Å². The summed E-state index contributed by atoms with van der Waals surface area (Å²) in [5.74, 6) is 0.298. The molecule has 0 aliphatic rings. The summed E-state index contributed by atoms with van der Waals surface area (Å²) >= 11 is 5.77. The molecule has 0 bridgehead atoms. The van der Waals surface area contributed by atoms with Crippen molar-refractivity contribution in [2.75, 3.05) is 12.4 Å². The van der Waals surface area contributed by atoms with Crippen molar-refractivity contribution in [1.82, 2.24) is 4.90 Å². The Morgan fingerprint density at radius 1 is 1.09 bits per heavy atom. The summed E-state index contributed by atoms with van der Waals surface area (Å²) in [7, 11) is 0. The van der Waals surface area contributed by atoms with E-state index in [9.17, 15) is 10.1 Å². The van der Waals surface area contributed by atoms with Gasteiger partial charge in [0, 0.05) is 18.0 Å². The predicted molar refractivity (Wildman–Crippen MR) is 87.6 cm³/mol. The highest BCUT2D eigenvalue weighted by Gasteiger charge is 2.25. The number of carbonyl (C=O) groups is 1. The Kier molecular flexibility index (Phi) is 6.00. The summed E-state index contributed by atoms with van der Waals surface area (Å²) in [6.45, 7) is 0.449. The fraction of sp³-hybridized carbons (Fsp3) is 0.222. The van der Waals surface area contributed by atoms with Crippen molar-refractivity contribution in [3.05, 3.63) is 71.8 Å².